The van der Waals surface area contributed by atoms with Crippen molar-refractivity contribution >= 4 is 5.97 Å². The zero-order chi connectivity index (χ0) is 20.0. The second-order valence-corrected chi connectivity index (χ2v) is 7.77. The molecule has 27 heavy (non-hydrogen) atoms. The summed E-state index contributed by atoms with van der Waals surface area (Å²) in [7, 11) is 0. The predicted octanol–water partition coefficient (Wildman–Crippen LogP) is 7.47. The number of rotatable bonds is 20. The van der Waals surface area contributed by atoms with Crippen LogP contribution in [0.5, 0.6) is 0 Å². The van der Waals surface area contributed by atoms with Gasteiger partial charge in [0, 0.05) is 12.8 Å². The molecule has 0 heterocycles. The van der Waals surface area contributed by atoms with E-state index in [0.29, 0.717) is 12.8 Å². The third-order valence-electron chi connectivity index (χ3n) is 4.96. The number of aliphatic hydroxyl groups is 1. The fourth-order valence-corrected chi connectivity index (χ4v) is 3.18. The Morgan fingerprint density at radius 3 is 1.81 bits per heavy atom. The van der Waals surface area contributed by atoms with Gasteiger partial charge in [-0.15, -0.1) is 0 Å². The van der Waals surface area contributed by atoms with Crippen LogP contribution in [0.4, 0.5) is 0 Å². The van der Waals surface area contributed by atoms with E-state index in [2.05, 4.69) is 26.0 Å². The Balaban J connectivity index is 3.30. The first-order valence-electron chi connectivity index (χ1n) is 11.7. The van der Waals surface area contributed by atoms with E-state index in [4.69, 9.17) is 4.74 Å². The van der Waals surface area contributed by atoms with Gasteiger partial charge in [0.2, 0.25) is 6.29 Å². The number of hydrogen-bond donors (Lipinski definition) is 1. The van der Waals surface area contributed by atoms with Crippen molar-refractivity contribution in [1.29, 1.82) is 0 Å². The average molecular weight is 383 g/mol. The van der Waals surface area contributed by atoms with Crippen LogP contribution in [0.15, 0.2) is 12.2 Å². The number of unbranched alkanes of at least 4 members (excludes halogenated alkanes) is 13. The SMILES string of the molecule is CCCCCCCC/C=C\CCCCCCCC(=O)OC(O)CCCCC. The lowest BCUT2D eigenvalue weighted by molar-refractivity contribution is -0.168. The Hall–Kier alpha value is -0.830. The van der Waals surface area contributed by atoms with E-state index < -0.39 is 6.29 Å². The minimum absolute atomic E-state index is 0.253. The third-order valence-corrected chi connectivity index (χ3v) is 4.96. The van der Waals surface area contributed by atoms with E-state index in [1.165, 1.54) is 70.6 Å². The molecule has 0 aliphatic rings. The van der Waals surface area contributed by atoms with Crippen LogP contribution in [0.3, 0.4) is 0 Å². The van der Waals surface area contributed by atoms with Gasteiger partial charge < -0.3 is 9.84 Å². The average Bonchev–Trinajstić information content (AvgIpc) is 2.65. The minimum Gasteiger partial charge on any atom is -0.436 e. The van der Waals surface area contributed by atoms with E-state index in [1.54, 1.807) is 0 Å². The van der Waals surface area contributed by atoms with Gasteiger partial charge in [-0.05, 0) is 38.5 Å². The molecule has 1 N–H and O–H groups in total. The lowest BCUT2D eigenvalue weighted by Crippen LogP contribution is -2.17. The van der Waals surface area contributed by atoms with Crippen molar-refractivity contribution in [2.45, 2.75) is 136 Å². The van der Waals surface area contributed by atoms with Gasteiger partial charge in [-0.2, -0.15) is 0 Å². The lowest BCUT2D eigenvalue weighted by atomic mass is 10.1. The van der Waals surface area contributed by atoms with E-state index in [-0.39, 0.29) is 5.97 Å². The van der Waals surface area contributed by atoms with Crippen molar-refractivity contribution in [3.05, 3.63) is 12.2 Å². The largest absolute Gasteiger partial charge is 0.436 e. The predicted molar refractivity (Wildman–Crippen MR) is 116 cm³/mol. The van der Waals surface area contributed by atoms with Crippen molar-refractivity contribution in [2.75, 3.05) is 0 Å². The Labute approximate surface area is 169 Å². The summed E-state index contributed by atoms with van der Waals surface area (Å²) in [6.45, 7) is 4.38. The lowest BCUT2D eigenvalue weighted by Gasteiger charge is -2.11. The Morgan fingerprint density at radius 2 is 1.22 bits per heavy atom. The molecule has 0 spiro atoms. The van der Waals surface area contributed by atoms with Crippen LogP contribution in [0, 0.1) is 0 Å². The molecule has 0 aliphatic heterocycles. The molecular formula is C24H46O3. The van der Waals surface area contributed by atoms with Gasteiger partial charge in [0.05, 0.1) is 0 Å². The molecule has 1 atom stereocenters. The second-order valence-electron chi connectivity index (χ2n) is 7.77. The van der Waals surface area contributed by atoms with E-state index in [0.717, 1.165) is 32.1 Å². The van der Waals surface area contributed by atoms with Gasteiger partial charge in [0.1, 0.15) is 0 Å². The molecule has 1 unspecified atom stereocenters. The van der Waals surface area contributed by atoms with Crippen molar-refractivity contribution in [1.82, 2.24) is 0 Å². The highest BCUT2D eigenvalue weighted by atomic mass is 16.6. The summed E-state index contributed by atoms with van der Waals surface area (Å²) < 4.78 is 5.02. The Kier molecular flexibility index (Phi) is 20.8. The number of carbonyl (C=O) groups excluding carboxylic acids is 1. The Morgan fingerprint density at radius 1 is 0.741 bits per heavy atom. The molecule has 0 aromatic rings. The molecule has 0 saturated carbocycles. The molecule has 0 aromatic heterocycles. The van der Waals surface area contributed by atoms with E-state index >= 15 is 0 Å². The van der Waals surface area contributed by atoms with Crippen LogP contribution in [-0.2, 0) is 9.53 Å². The minimum atomic E-state index is -0.910. The number of allylic oxidation sites excluding steroid dienone is 2. The normalized spacial score (nSPS) is 12.6. The van der Waals surface area contributed by atoms with Crippen LogP contribution in [0.25, 0.3) is 0 Å². The van der Waals surface area contributed by atoms with Crippen LogP contribution in [0.2, 0.25) is 0 Å². The molecule has 0 fully saturated rings. The van der Waals surface area contributed by atoms with Gasteiger partial charge in [-0.3, -0.25) is 4.79 Å². The van der Waals surface area contributed by atoms with Crippen molar-refractivity contribution in [3.63, 3.8) is 0 Å². The van der Waals surface area contributed by atoms with Crippen molar-refractivity contribution in [2.24, 2.45) is 0 Å². The highest BCUT2D eigenvalue weighted by molar-refractivity contribution is 5.69. The van der Waals surface area contributed by atoms with Gasteiger partial charge in [0.15, 0.2) is 0 Å². The van der Waals surface area contributed by atoms with Crippen LogP contribution < -0.4 is 0 Å². The molecule has 0 bridgehead atoms. The maximum Gasteiger partial charge on any atom is 0.308 e. The van der Waals surface area contributed by atoms with E-state index in [1.807, 2.05) is 0 Å². The molecule has 3 nitrogen and oxygen atoms in total. The quantitative estimate of drug-likeness (QED) is 0.103. The summed E-state index contributed by atoms with van der Waals surface area (Å²) in [5.41, 5.74) is 0. The first-order valence-corrected chi connectivity index (χ1v) is 11.7. The molecule has 0 amide bonds. The van der Waals surface area contributed by atoms with Gasteiger partial charge in [-0.25, -0.2) is 0 Å². The maximum absolute atomic E-state index is 11.6. The first kappa shape index (κ1) is 26.2. The van der Waals surface area contributed by atoms with E-state index in [9.17, 15) is 9.90 Å². The maximum atomic E-state index is 11.6. The smallest absolute Gasteiger partial charge is 0.308 e. The number of esters is 1. The summed E-state index contributed by atoms with van der Waals surface area (Å²) >= 11 is 0. The fraction of sp³-hybridized carbons (Fsp3) is 0.875. The zero-order valence-corrected chi connectivity index (χ0v) is 18.2. The standard InChI is InChI=1S/C24H46O3/c1-3-5-7-8-9-10-11-12-13-14-15-16-17-18-20-22-24(26)27-23(25)21-19-6-4-2/h12-13,23,25H,3-11,14-22H2,1-2H3/b13-12-. The molecule has 0 radical (unpaired) electrons. The highest BCUT2D eigenvalue weighted by Crippen LogP contribution is 2.11. The number of aliphatic hydroxyl groups excluding tert-OH is 1. The van der Waals surface area contributed by atoms with Crippen molar-refractivity contribution in [3.8, 4) is 0 Å². The summed E-state index contributed by atoms with van der Waals surface area (Å²) in [6, 6.07) is 0. The summed E-state index contributed by atoms with van der Waals surface area (Å²) in [5.74, 6) is -0.253. The third kappa shape index (κ3) is 21.3. The number of ether oxygens (including phenoxy) is 1. The monoisotopic (exact) mass is 382 g/mol. The summed E-state index contributed by atoms with van der Waals surface area (Å²) in [6.07, 6.45) is 24.1. The molecule has 0 aromatic carbocycles. The van der Waals surface area contributed by atoms with Gasteiger partial charge in [0.25, 0.3) is 0 Å². The Bertz CT molecular complexity index is 339. The summed E-state index contributed by atoms with van der Waals surface area (Å²) in [5, 5.41) is 9.62. The second kappa shape index (κ2) is 21.5. The molecule has 0 rings (SSSR count). The molecule has 3 heteroatoms. The van der Waals surface area contributed by atoms with Gasteiger partial charge >= 0.3 is 5.97 Å². The molecular weight excluding hydrogens is 336 g/mol. The molecule has 0 saturated heterocycles. The number of hydrogen-bond acceptors (Lipinski definition) is 3. The molecule has 0 aliphatic carbocycles. The molecule has 160 valence electrons. The van der Waals surface area contributed by atoms with Crippen LogP contribution in [0.1, 0.15) is 129 Å². The fourth-order valence-electron chi connectivity index (χ4n) is 3.18. The highest BCUT2D eigenvalue weighted by Gasteiger charge is 2.10. The van der Waals surface area contributed by atoms with Crippen LogP contribution >= 0.6 is 0 Å². The topological polar surface area (TPSA) is 46.5 Å². The zero-order valence-electron chi connectivity index (χ0n) is 18.2. The number of carbonyl (C=O) groups is 1. The first-order chi connectivity index (χ1) is 13.2. The van der Waals surface area contributed by atoms with Gasteiger partial charge in [-0.1, -0.05) is 90.2 Å². The summed E-state index contributed by atoms with van der Waals surface area (Å²) in [4.78, 5) is 11.6. The van der Waals surface area contributed by atoms with Crippen LogP contribution in [-0.4, -0.2) is 17.4 Å². The van der Waals surface area contributed by atoms with Crippen molar-refractivity contribution < 1.29 is 14.6 Å².